The van der Waals surface area contributed by atoms with Crippen LogP contribution in [-0.4, -0.2) is 19.1 Å². The number of esters is 1. The normalized spacial score (nSPS) is 9.47. The van der Waals surface area contributed by atoms with Crippen LogP contribution in [0.5, 0.6) is 0 Å². The lowest BCUT2D eigenvalue weighted by atomic mass is 10.2. The van der Waals surface area contributed by atoms with Crippen molar-refractivity contribution in [1.29, 1.82) is 0 Å². The summed E-state index contributed by atoms with van der Waals surface area (Å²) in [6.07, 6.45) is 1.32. The van der Waals surface area contributed by atoms with Gasteiger partial charge in [0.1, 0.15) is 0 Å². The molecule has 1 N–H and O–H groups in total. The number of hydrogen-bond acceptors (Lipinski definition) is 3. The molecule has 0 saturated heterocycles. The van der Waals surface area contributed by atoms with Gasteiger partial charge in [0.15, 0.2) is 0 Å². The topological polar surface area (TPSA) is 38.3 Å². The molecule has 1 aromatic carbocycles. The van der Waals surface area contributed by atoms with Crippen molar-refractivity contribution in [2.24, 2.45) is 0 Å². The van der Waals surface area contributed by atoms with Gasteiger partial charge in [0.2, 0.25) is 0 Å². The van der Waals surface area contributed by atoms with Crippen LogP contribution in [0.15, 0.2) is 30.3 Å². The van der Waals surface area contributed by atoms with Crippen LogP contribution < -0.4 is 5.32 Å². The van der Waals surface area contributed by atoms with Crippen LogP contribution in [0.25, 0.3) is 0 Å². The maximum absolute atomic E-state index is 11.0. The van der Waals surface area contributed by atoms with E-state index in [0.717, 1.165) is 19.5 Å². The smallest absolute Gasteiger partial charge is 0.305 e. The molecule has 1 rings (SSSR count). The Bertz CT molecular complexity index is 304. The van der Waals surface area contributed by atoms with E-state index in [0.29, 0.717) is 13.0 Å². The quantitative estimate of drug-likeness (QED) is 0.603. The Morgan fingerprint density at radius 3 is 2.65 bits per heavy atom. The molecule has 96 valence electrons. The van der Waals surface area contributed by atoms with Crippen molar-refractivity contribution in [3.63, 3.8) is 0 Å². The first-order valence-corrected chi connectivity index (χ1v) is 5.73. The van der Waals surface area contributed by atoms with Crippen LogP contribution in [-0.2, 0) is 16.1 Å². The standard InChI is InChI=1S/C13H19NO2.ClH/c1-2-16-13(15)9-6-10-14-11-12-7-4-3-5-8-12;/h3-5,7-8,14H,2,6,9-11H2,1H3;1H. The Morgan fingerprint density at radius 2 is 2.00 bits per heavy atom. The number of hydrogen-bond donors (Lipinski definition) is 1. The Morgan fingerprint density at radius 1 is 1.29 bits per heavy atom. The van der Waals surface area contributed by atoms with Gasteiger partial charge in [-0.2, -0.15) is 0 Å². The van der Waals surface area contributed by atoms with Gasteiger partial charge in [-0.05, 0) is 25.5 Å². The van der Waals surface area contributed by atoms with E-state index in [1.165, 1.54) is 5.56 Å². The number of carbonyl (C=O) groups is 1. The van der Waals surface area contributed by atoms with Gasteiger partial charge < -0.3 is 10.1 Å². The lowest BCUT2D eigenvalue weighted by Crippen LogP contribution is -2.16. The molecule has 0 aliphatic heterocycles. The van der Waals surface area contributed by atoms with Gasteiger partial charge in [0.05, 0.1) is 6.61 Å². The molecule has 3 nitrogen and oxygen atoms in total. The molecular weight excluding hydrogens is 238 g/mol. The minimum Gasteiger partial charge on any atom is -0.466 e. The number of rotatable bonds is 7. The van der Waals surface area contributed by atoms with E-state index in [9.17, 15) is 4.79 Å². The molecular formula is C13H20ClNO2. The first-order valence-electron chi connectivity index (χ1n) is 5.73. The third-order valence-corrected chi connectivity index (χ3v) is 2.21. The molecule has 1 aromatic rings. The van der Waals surface area contributed by atoms with E-state index in [4.69, 9.17) is 4.74 Å². The highest BCUT2D eigenvalue weighted by molar-refractivity contribution is 5.85. The van der Waals surface area contributed by atoms with Crippen LogP contribution in [0.3, 0.4) is 0 Å². The highest BCUT2D eigenvalue weighted by Crippen LogP contribution is 1.97. The summed E-state index contributed by atoms with van der Waals surface area (Å²) < 4.78 is 4.84. The van der Waals surface area contributed by atoms with Gasteiger partial charge in [0.25, 0.3) is 0 Å². The van der Waals surface area contributed by atoms with Gasteiger partial charge in [-0.1, -0.05) is 30.3 Å². The van der Waals surface area contributed by atoms with Gasteiger partial charge in [-0.3, -0.25) is 4.79 Å². The molecule has 0 heterocycles. The summed E-state index contributed by atoms with van der Waals surface area (Å²) in [7, 11) is 0. The zero-order chi connectivity index (χ0) is 11.6. The van der Waals surface area contributed by atoms with Crippen LogP contribution in [0, 0.1) is 0 Å². The molecule has 0 spiro atoms. The molecule has 0 aromatic heterocycles. The second-order valence-electron chi connectivity index (χ2n) is 3.57. The third-order valence-electron chi connectivity index (χ3n) is 2.21. The Kier molecular flexibility index (Phi) is 9.49. The molecule has 0 aliphatic rings. The molecule has 0 atom stereocenters. The minimum atomic E-state index is -0.107. The molecule has 0 aliphatic carbocycles. The summed E-state index contributed by atoms with van der Waals surface area (Å²) in [5, 5.41) is 3.29. The summed E-state index contributed by atoms with van der Waals surface area (Å²) in [6.45, 7) is 3.99. The van der Waals surface area contributed by atoms with Crippen molar-refractivity contribution in [3.8, 4) is 0 Å². The van der Waals surface area contributed by atoms with Crippen LogP contribution >= 0.6 is 12.4 Å². The molecule has 0 radical (unpaired) electrons. The zero-order valence-electron chi connectivity index (χ0n) is 10.1. The average Bonchev–Trinajstić information content (AvgIpc) is 2.30. The zero-order valence-corrected chi connectivity index (χ0v) is 11.0. The lowest BCUT2D eigenvalue weighted by molar-refractivity contribution is -0.143. The number of benzene rings is 1. The molecule has 0 bridgehead atoms. The second-order valence-corrected chi connectivity index (χ2v) is 3.57. The van der Waals surface area contributed by atoms with Crippen molar-refractivity contribution in [3.05, 3.63) is 35.9 Å². The van der Waals surface area contributed by atoms with Gasteiger partial charge in [-0.25, -0.2) is 0 Å². The first-order chi connectivity index (χ1) is 7.83. The molecule has 0 fully saturated rings. The Balaban J connectivity index is 0.00000256. The van der Waals surface area contributed by atoms with Crippen LogP contribution in [0.4, 0.5) is 0 Å². The van der Waals surface area contributed by atoms with Crippen LogP contribution in [0.2, 0.25) is 0 Å². The van der Waals surface area contributed by atoms with E-state index in [2.05, 4.69) is 17.4 Å². The van der Waals surface area contributed by atoms with E-state index in [-0.39, 0.29) is 18.4 Å². The molecule has 17 heavy (non-hydrogen) atoms. The van der Waals surface area contributed by atoms with Crippen molar-refractivity contribution < 1.29 is 9.53 Å². The fourth-order valence-corrected chi connectivity index (χ4v) is 1.42. The molecule has 4 heteroatoms. The first kappa shape index (κ1) is 15.9. The van der Waals surface area contributed by atoms with Gasteiger partial charge in [0, 0.05) is 13.0 Å². The van der Waals surface area contributed by atoms with E-state index < -0.39 is 0 Å². The van der Waals surface area contributed by atoms with Crippen molar-refractivity contribution in [1.82, 2.24) is 5.32 Å². The van der Waals surface area contributed by atoms with Gasteiger partial charge >= 0.3 is 5.97 Å². The predicted octanol–water partition coefficient (Wildman–Crippen LogP) is 2.54. The number of carbonyl (C=O) groups excluding carboxylic acids is 1. The third kappa shape index (κ3) is 7.77. The fourth-order valence-electron chi connectivity index (χ4n) is 1.42. The molecule has 0 saturated carbocycles. The van der Waals surface area contributed by atoms with Crippen molar-refractivity contribution in [2.75, 3.05) is 13.2 Å². The summed E-state index contributed by atoms with van der Waals surface area (Å²) in [5.41, 5.74) is 1.26. The van der Waals surface area contributed by atoms with Crippen LogP contribution in [0.1, 0.15) is 25.3 Å². The Labute approximate surface area is 109 Å². The SMILES string of the molecule is CCOC(=O)CCCNCc1ccccc1.Cl. The maximum Gasteiger partial charge on any atom is 0.305 e. The Hall–Kier alpha value is -1.06. The monoisotopic (exact) mass is 257 g/mol. The molecule has 0 amide bonds. The summed E-state index contributed by atoms with van der Waals surface area (Å²) in [5.74, 6) is -0.107. The summed E-state index contributed by atoms with van der Waals surface area (Å²) in [6, 6.07) is 10.2. The highest BCUT2D eigenvalue weighted by atomic mass is 35.5. The average molecular weight is 258 g/mol. The number of ether oxygens (including phenoxy) is 1. The van der Waals surface area contributed by atoms with Gasteiger partial charge in [-0.15, -0.1) is 12.4 Å². The molecule has 0 unspecified atom stereocenters. The highest BCUT2D eigenvalue weighted by Gasteiger charge is 2.00. The van der Waals surface area contributed by atoms with Crippen molar-refractivity contribution in [2.45, 2.75) is 26.3 Å². The lowest BCUT2D eigenvalue weighted by Gasteiger charge is -2.04. The summed E-state index contributed by atoms with van der Waals surface area (Å²) in [4.78, 5) is 11.0. The minimum absolute atomic E-state index is 0. The number of halogens is 1. The van der Waals surface area contributed by atoms with Crippen molar-refractivity contribution >= 4 is 18.4 Å². The second kappa shape index (κ2) is 10.1. The summed E-state index contributed by atoms with van der Waals surface area (Å²) >= 11 is 0. The largest absolute Gasteiger partial charge is 0.466 e. The maximum atomic E-state index is 11.0. The fraction of sp³-hybridized carbons (Fsp3) is 0.462. The van der Waals surface area contributed by atoms with E-state index in [1.54, 1.807) is 0 Å². The van der Waals surface area contributed by atoms with E-state index in [1.807, 2.05) is 25.1 Å². The predicted molar refractivity (Wildman–Crippen MR) is 71.3 cm³/mol. The van der Waals surface area contributed by atoms with E-state index >= 15 is 0 Å². The number of nitrogens with one attached hydrogen (secondary N) is 1.